The predicted molar refractivity (Wildman–Crippen MR) is 82.7 cm³/mol. The van der Waals surface area contributed by atoms with Gasteiger partial charge in [-0.05, 0) is 49.4 Å². The van der Waals surface area contributed by atoms with Gasteiger partial charge in [0, 0.05) is 32.4 Å². The quantitative estimate of drug-likeness (QED) is 0.837. The Balaban J connectivity index is 1.98. The van der Waals surface area contributed by atoms with E-state index in [0.717, 1.165) is 38.3 Å². The van der Waals surface area contributed by atoms with E-state index in [9.17, 15) is 4.79 Å². The van der Waals surface area contributed by atoms with Crippen molar-refractivity contribution in [2.75, 3.05) is 33.4 Å². The fourth-order valence-corrected chi connectivity index (χ4v) is 2.75. The first-order valence-corrected chi connectivity index (χ1v) is 7.60. The van der Waals surface area contributed by atoms with Crippen molar-refractivity contribution in [2.24, 2.45) is 5.41 Å². The highest BCUT2D eigenvalue weighted by Gasteiger charge is 2.30. The smallest absolute Gasteiger partial charge is 0.253 e. The molecule has 2 rings (SSSR count). The molecule has 1 aliphatic rings. The third kappa shape index (κ3) is 4.21. The van der Waals surface area contributed by atoms with Crippen LogP contribution in [0.5, 0.6) is 5.75 Å². The monoisotopic (exact) mass is 291 g/mol. The van der Waals surface area contributed by atoms with Crippen LogP contribution in [-0.4, -0.2) is 44.2 Å². The first kappa shape index (κ1) is 15.8. The summed E-state index contributed by atoms with van der Waals surface area (Å²) in [5.41, 5.74) is 0.866. The molecule has 21 heavy (non-hydrogen) atoms. The summed E-state index contributed by atoms with van der Waals surface area (Å²) in [6.45, 7) is 7.16. The molecule has 0 unspecified atom stereocenters. The van der Waals surface area contributed by atoms with Crippen LogP contribution in [0.3, 0.4) is 0 Å². The number of carbonyl (C=O) groups excluding carboxylic acids is 1. The van der Waals surface area contributed by atoms with Crippen molar-refractivity contribution in [2.45, 2.75) is 26.7 Å². The predicted octanol–water partition coefficient (Wildman–Crippen LogP) is 2.97. The second-order valence-corrected chi connectivity index (χ2v) is 6.04. The topological polar surface area (TPSA) is 38.8 Å². The molecule has 0 aliphatic carbocycles. The van der Waals surface area contributed by atoms with E-state index in [4.69, 9.17) is 9.47 Å². The van der Waals surface area contributed by atoms with Crippen LogP contribution in [0.15, 0.2) is 24.3 Å². The summed E-state index contributed by atoms with van der Waals surface area (Å²) < 4.78 is 10.8. The molecule has 1 fully saturated rings. The highest BCUT2D eigenvalue weighted by atomic mass is 16.5. The maximum absolute atomic E-state index is 12.5. The summed E-state index contributed by atoms with van der Waals surface area (Å²) in [5.74, 6) is 0.860. The molecule has 1 saturated heterocycles. The Morgan fingerprint density at radius 3 is 2.48 bits per heavy atom. The number of amides is 1. The summed E-state index contributed by atoms with van der Waals surface area (Å²) in [6.07, 6.45) is 2.02. The summed E-state index contributed by atoms with van der Waals surface area (Å²) >= 11 is 0. The number of ether oxygens (including phenoxy) is 2. The van der Waals surface area contributed by atoms with Crippen molar-refractivity contribution in [1.29, 1.82) is 0 Å². The Hall–Kier alpha value is -1.55. The van der Waals surface area contributed by atoms with Gasteiger partial charge < -0.3 is 14.4 Å². The normalized spacial score (nSPS) is 17.3. The lowest BCUT2D eigenvalue weighted by Gasteiger charge is -2.36. The number of hydrogen-bond donors (Lipinski definition) is 0. The molecule has 1 amide bonds. The van der Waals surface area contributed by atoms with Crippen LogP contribution >= 0.6 is 0 Å². The SMILES string of the molecule is CCOc1ccc(C(=O)N(C)CC2(C)CCOCC2)cc1. The van der Waals surface area contributed by atoms with Crippen molar-refractivity contribution >= 4 is 5.91 Å². The van der Waals surface area contributed by atoms with Crippen LogP contribution in [0.4, 0.5) is 0 Å². The van der Waals surface area contributed by atoms with E-state index in [2.05, 4.69) is 6.92 Å². The van der Waals surface area contributed by atoms with Crippen molar-refractivity contribution in [3.63, 3.8) is 0 Å². The van der Waals surface area contributed by atoms with E-state index >= 15 is 0 Å². The van der Waals surface area contributed by atoms with E-state index in [1.807, 2.05) is 43.1 Å². The Kier molecular flexibility index (Phi) is 5.23. The van der Waals surface area contributed by atoms with Gasteiger partial charge in [-0.2, -0.15) is 0 Å². The highest BCUT2D eigenvalue weighted by molar-refractivity contribution is 5.94. The molecule has 0 aromatic heterocycles. The zero-order chi connectivity index (χ0) is 15.3. The average Bonchev–Trinajstić information content (AvgIpc) is 2.48. The van der Waals surface area contributed by atoms with Crippen molar-refractivity contribution < 1.29 is 14.3 Å². The minimum absolute atomic E-state index is 0.0609. The van der Waals surface area contributed by atoms with Gasteiger partial charge in [0.05, 0.1) is 6.61 Å². The molecule has 0 spiro atoms. The second kappa shape index (κ2) is 6.94. The van der Waals surface area contributed by atoms with E-state index in [1.54, 1.807) is 0 Å². The maximum atomic E-state index is 12.5. The van der Waals surface area contributed by atoms with E-state index in [1.165, 1.54) is 0 Å². The van der Waals surface area contributed by atoms with Gasteiger partial charge >= 0.3 is 0 Å². The molecule has 1 aliphatic heterocycles. The summed E-state index contributed by atoms with van der Waals surface area (Å²) in [5, 5.41) is 0. The molecule has 0 radical (unpaired) electrons. The van der Waals surface area contributed by atoms with E-state index in [0.29, 0.717) is 12.2 Å². The third-order valence-corrected chi connectivity index (χ3v) is 4.08. The molecule has 1 aromatic carbocycles. The lowest BCUT2D eigenvalue weighted by atomic mass is 9.82. The number of hydrogen-bond acceptors (Lipinski definition) is 3. The molecule has 0 atom stereocenters. The fourth-order valence-electron chi connectivity index (χ4n) is 2.75. The van der Waals surface area contributed by atoms with Crippen molar-refractivity contribution in [1.82, 2.24) is 4.90 Å². The Labute approximate surface area is 127 Å². The van der Waals surface area contributed by atoms with Crippen molar-refractivity contribution in [3.8, 4) is 5.75 Å². The van der Waals surface area contributed by atoms with E-state index < -0.39 is 0 Å². The largest absolute Gasteiger partial charge is 0.494 e. The standard InChI is InChI=1S/C17H25NO3/c1-4-21-15-7-5-14(6-8-15)16(19)18(3)13-17(2)9-11-20-12-10-17/h5-8H,4,9-13H2,1-3H3. The number of benzene rings is 1. The molecule has 0 saturated carbocycles. The van der Waals surface area contributed by atoms with Gasteiger partial charge in [0.2, 0.25) is 0 Å². The van der Waals surface area contributed by atoms with Gasteiger partial charge in [-0.3, -0.25) is 4.79 Å². The summed E-state index contributed by atoms with van der Waals surface area (Å²) in [4.78, 5) is 14.3. The molecular formula is C17H25NO3. The molecule has 4 heteroatoms. The van der Waals surface area contributed by atoms with Gasteiger partial charge in [0.15, 0.2) is 0 Å². The van der Waals surface area contributed by atoms with Crippen LogP contribution in [-0.2, 0) is 4.74 Å². The lowest BCUT2D eigenvalue weighted by molar-refractivity contribution is 0.00917. The molecule has 116 valence electrons. The number of nitrogens with zero attached hydrogens (tertiary/aromatic N) is 1. The zero-order valence-electron chi connectivity index (χ0n) is 13.2. The molecule has 0 bridgehead atoms. The summed E-state index contributed by atoms with van der Waals surface area (Å²) in [7, 11) is 1.87. The third-order valence-electron chi connectivity index (χ3n) is 4.08. The van der Waals surface area contributed by atoms with Gasteiger partial charge in [0.25, 0.3) is 5.91 Å². The van der Waals surface area contributed by atoms with Gasteiger partial charge in [-0.1, -0.05) is 6.92 Å². The maximum Gasteiger partial charge on any atom is 0.253 e. The van der Waals surface area contributed by atoms with Crippen molar-refractivity contribution in [3.05, 3.63) is 29.8 Å². The molecule has 1 aromatic rings. The number of carbonyl (C=O) groups is 1. The van der Waals surface area contributed by atoms with Crippen LogP contribution in [0.1, 0.15) is 37.0 Å². The van der Waals surface area contributed by atoms with Crippen LogP contribution < -0.4 is 4.74 Å². The Morgan fingerprint density at radius 2 is 1.90 bits per heavy atom. The first-order chi connectivity index (χ1) is 10.0. The average molecular weight is 291 g/mol. The fraction of sp³-hybridized carbons (Fsp3) is 0.588. The Bertz CT molecular complexity index is 463. The van der Waals surface area contributed by atoms with E-state index in [-0.39, 0.29) is 11.3 Å². The highest BCUT2D eigenvalue weighted by Crippen LogP contribution is 2.30. The van der Waals surface area contributed by atoms with Crippen LogP contribution in [0.25, 0.3) is 0 Å². The molecular weight excluding hydrogens is 266 g/mol. The van der Waals surface area contributed by atoms with Gasteiger partial charge in [-0.15, -0.1) is 0 Å². The molecule has 1 heterocycles. The van der Waals surface area contributed by atoms with Gasteiger partial charge in [-0.25, -0.2) is 0 Å². The zero-order valence-corrected chi connectivity index (χ0v) is 13.2. The summed E-state index contributed by atoms with van der Waals surface area (Å²) in [6, 6.07) is 7.35. The second-order valence-electron chi connectivity index (χ2n) is 6.04. The minimum atomic E-state index is 0.0609. The van der Waals surface area contributed by atoms with Crippen LogP contribution in [0.2, 0.25) is 0 Å². The number of rotatable bonds is 5. The molecule has 4 nitrogen and oxygen atoms in total. The lowest BCUT2D eigenvalue weighted by Crippen LogP contribution is -2.40. The Morgan fingerprint density at radius 1 is 1.29 bits per heavy atom. The first-order valence-electron chi connectivity index (χ1n) is 7.60. The minimum Gasteiger partial charge on any atom is -0.494 e. The molecule has 0 N–H and O–H groups in total. The van der Waals surface area contributed by atoms with Gasteiger partial charge in [0.1, 0.15) is 5.75 Å². The van der Waals surface area contributed by atoms with Crippen LogP contribution in [0, 0.1) is 5.41 Å².